The van der Waals surface area contributed by atoms with E-state index in [9.17, 15) is 5.11 Å². The van der Waals surface area contributed by atoms with E-state index in [0.717, 1.165) is 16.9 Å². The summed E-state index contributed by atoms with van der Waals surface area (Å²) in [5, 5.41) is 18.0. The number of hydrogen-bond acceptors (Lipinski definition) is 4. The zero-order valence-electron chi connectivity index (χ0n) is 15.1. The third kappa shape index (κ3) is 3.61. The van der Waals surface area contributed by atoms with Crippen molar-refractivity contribution in [1.82, 2.24) is 14.6 Å². The molecule has 0 fully saturated rings. The molecule has 0 bridgehead atoms. The first kappa shape index (κ1) is 18.5. The normalized spacial score (nSPS) is 12.2. The van der Waals surface area contributed by atoms with E-state index >= 15 is 0 Å². The summed E-state index contributed by atoms with van der Waals surface area (Å²) in [6.07, 6.45) is 2.12. The molecule has 4 aromatic rings. The Bertz CT molecular complexity index is 1100. The Morgan fingerprint density at radius 2 is 1.86 bits per heavy atom. The highest BCUT2D eigenvalue weighted by atomic mass is 35.5. The molecule has 0 saturated carbocycles. The maximum Gasteiger partial charge on any atom is 0.150 e. The monoisotopic (exact) mass is 388 g/mol. The Hall–Kier alpha value is -2.83. The molecule has 0 amide bonds. The predicted molar refractivity (Wildman–Crippen MR) is 113 cm³/mol. The summed E-state index contributed by atoms with van der Waals surface area (Å²) in [7, 11) is 6.08. The molecule has 1 unspecified atom stereocenters. The number of rotatable bonds is 6. The van der Waals surface area contributed by atoms with Crippen LogP contribution in [0.4, 0.5) is 5.82 Å². The fourth-order valence-corrected chi connectivity index (χ4v) is 3.44. The summed E-state index contributed by atoms with van der Waals surface area (Å²) in [6, 6.07) is 19.3. The highest BCUT2D eigenvalue weighted by Gasteiger charge is 2.16. The van der Waals surface area contributed by atoms with Crippen molar-refractivity contribution in [2.45, 2.75) is 12.5 Å². The molecule has 4 rings (SSSR count). The number of aromatic nitrogens is 3. The molecular formula is C21H18BClN4O. The summed E-state index contributed by atoms with van der Waals surface area (Å²) in [6.45, 7) is 0.0550. The van der Waals surface area contributed by atoms with Crippen LogP contribution in [0.25, 0.3) is 16.9 Å². The standard InChI is InChI=1S/C21H18BClN4O/c22-16-13-24-27-20(25-18(10-11-28)14-6-2-1-3-7-14)12-19(26-21(16)27)15-8-4-5-9-17(15)23/h1-9,12-13,18,25,28H,10-11H2. The van der Waals surface area contributed by atoms with Gasteiger partial charge in [0.1, 0.15) is 13.7 Å². The van der Waals surface area contributed by atoms with E-state index in [1.165, 1.54) is 0 Å². The first-order chi connectivity index (χ1) is 13.7. The Morgan fingerprint density at radius 3 is 2.61 bits per heavy atom. The van der Waals surface area contributed by atoms with Gasteiger partial charge in [0, 0.05) is 29.5 Å². The molecule has 0 aliphatic carbocycles. The maximum atomic E-state index is 9.55. The van der Waals surface area contributed by atoms with Crippen LogP contribution in [0.2, 0.25) is 5.02 Å². The molecule has 0 saturated heterocycles. The number of fused-ring (bicyclic) bond motifs is 1. The zero-order chi connectivity index (χ0) is 19.5. The molecule has 0 spiro atoms. The fraction of sp³-hybridized carbons (Fsp3) is 0.143. The average Bonchev–Trinajstić information content (AvgIpc) is 3.10. The van der Waals surface area contributed by atoms with Crippen LogP contribution in [-0.4, -0.2) is 34.2 Å². The van der Waals surface area contributed by atoms with Gasteiger partial charge in [-0.1, -0.05) is 60.1 Å². The van der Waals surface area contributed by atoms with Crippen LogP contribution in [0.15, 0.2) is 66.9 Å². The second-order valence-corrected chi connectivity index (χ2v) is 6.87. The van der Waals surface area contributed by atoms with Gasteiger partial charge >= 0.3 is 0 Å². The highest BCUT2D eigenvalue weighted by Crippen LogP contribution is 2.30. The van der Waals surface area contributed by atoms with Gasteiger partial charge in [-0.25, -0.2) is 4.98 Å². The summed E-state index contributed by atoms with van der Waals surface area (Å²) >= 11 is 6.38. The summed E-state index contributed by atoms with van der Waals surface area (Å²) in [5.41, 5.74) is 3.62. The van der Waals surface area contributed by atoms with Crippen LogP contribution in [0, 0.1) is 0 Å². The Morgan fingerprint density at radius 1 is 1.11 bits per heavy atom. The van der Waals surface area contributed by atoms with E-state index in [1.807, 2.05) is 60.7 Å². The van der Waals surface area contributed by atoms with Crippen molar-refractivity contribution < 1.29 is 5.11 Å². The fourth-order valence-electron chi connectivity index (χ4n) is 3.20. The third-order valence-electron chi connectivity index (χ3n) is 4.59. The van der Waals surface area contributed by atoms with Crippen LogP contribution >= 0.6 is 11.6 Å². The second-order valence-electron chi connectivity index (χ2n) is 6.46. The number of aliphatic hydroxyl groups is 1. The predicted octanol–water partition coefficient (Wildman–Crippen LogP) is 3.38. The SMILES string of the molecule is [B]c1cnn2c(NC(CCO)c3ccccc3)cc(-c3ccccc3Cl)nc12. The molecule has 1 atom stereocenters. The van der Waals surface area contributed by atoms with Crippen LogP contribution in [0.3, 0.4) is 0 Å². The third-order valence-corrected chi connectivity index (χ3v) is 4.92. The van der Waals surface area contributed by atoms with E-state index < -0.39 is 0 Å². The summed E-state index contributed by atoms with van der Waals surface area (Å²) in [5.74, 6) is 0.721. The van der Waals surface area contributed by atoms with Crippen LogP contribution in [-0.2, 0) is 0 Å². The molecule has 0 aliphatic rings. The largest absolute Gasteiger partial charge is 0.396 e. The number of anilines is 1. The Balaban J connectivity index is 1.82. The molecule has 28 heavy (non-hydrogen) atoms. The van der Waals surface area contributed by atoms with Gasteiger partial charge in [-0.2, -0.15) is 9.61 Å². The average molecular weight is 389 g/mol. The first-order valence-electron chi connectivity index (χ1n) is 8.99. The Labute approximate surface area is 169 Å². The van der Waals surface area contributed by atoms with Crippen LogP contribution < -0.4 is 10.8 Å². The maximum absolute atomic E-state index is 9.55. The van der Waals surface area contributed by atoms with Crippen molar-refractivity contribution in [2.24, 2.45) is 0 Å². The van der Waals surface area contributed by atoms with Gasteiger partial charge in [0.05, 0.1) is 11.7 Å². The van der Waals surface area contributed by atoms with Crippen molar-refractivity contribution in [3.63, 3.8) is 0 Å². The molecular weight excluding hydrogens is 371 g/mol. The van der Waals surface area contributed by atoms with Gasteiger partial charge < -0.3 is 10.4 Å². The molecule has 5 nitrogen and oxygen atoms in total. The molecule has 7 heteroatoms. The lowest BCUT2D eigenvalue weighted by atomic mass is 10.0. The second kappa shape index (κ2) is 8.04. The zero-order valence-corrected chi connectivity index (χ0v) is 15.8. The smallest absolute Gasteiger partial charge is 0.150 e. The van der Waals surface area contributed by atoms with E-state index in [0.29, 0.717) is 28.2 Å². The van der Waals surface area contributed by atoms with Crippen molar-refractivity contribution >= 4 is 36.4 Å². The molecule has 0 aliphatic heterocycles. The van der Waals surface area contributed by atoms with Gasteiger partial charge in [0.2, 0.25) is 0 Å². The number of hydrogen-bond donors (Lipinski definition) is 2. The lowest BCUT2D eigenvalue weighted by molar-refractivity contribution is 0.280. The van der Waals surface area contributed by atoms with Gasteiger partial charge in [-0.05, 0) is 23.5 Å². The topological polar surface area (TPSA) is 62.5 Å². The number of nitrogens with one attached hydrogen (secondary N) is 1. The molecule has 2 aromatic carbocycles. The molecule has 2 radical (unpaired) electrons. The van der Waals surface area contributed by atoms with E-state index in [4.69, 9.17) is 19.4 Å². The summed E-state index contributed by atoms with van der Waals surface area (Å²) < 4.78 is 1.67. The van der Waals surface area contributed by atoms with E-state index in [2.05, 4.69) is 15.4 Å². The van der Waals surface area contributed by atoms with Gasteiger partial charge in [-0.15, -0.1) is 0 Å². The first-order valence-corrected chi connectivity index (χ1v) is 9.36. The minimum Gasteiger partial charge on any atom is -0.396 e. The quantitative estimate of drug-likeness (QED) is 0.497. The van der Waals surface area contributed by atoms with Crippen molar-refractivity contribution in [1.29, 1.82) is 0 Å². The van der Waals surface area contributed by atoms with Crippen LogP contribution in [0.1, 0.15) is 18.0 Å². The van der Waals surface area contributed by atoms with Gasteiger partial charge in [-0.3, -0.25) is 0 Å². The number of halogens is 1. The van der Waals surface area contributed by atoms with Crippen molar-refractivity contribution in [2.75, 3.05) is 11.9 Å². The molecule has 2 N–H and O–H groups in total. The molecule has 138 valence electrons. The number of aliphatic hydroxyl groups excluding tert-OH is 1. The highest BCUT2D eigenvalue weighted by molar-refractivity contribution is 6.36. The number of nitrogens with zero attached hydrogens (tertiary/aromatic N) is 3. The Kier molecular flexibility index (Phi) is 5.32. The lowest BCUT2D eigenvalue weighted by Gasteiger charge is -2.21. The lowest BCUT2D eigenvalue weighted by Crippen LogP contribution is -2.16. The minimum absolute atomic E-state index is 0.0550. The summed E-state index contributed by atoms with van der Waals surface area (Å²) in [4.78, 5) is 4.65. The molecule has 2 heterocycles. The van der Waals surface area contributed by atoms with E-state index in [1.54, 1.807) is 10.7 Å². The van der Waals surface area contributed by atoms with E-state index in [-0.39, 0.29) is 12.6 Å². The number of benzene rings is 2. The van der Waals surface area contributed by atoms with Crippen molar-refractivity contribution in [3.05, 3.63) is 77.4 Å². The minimum atomic E-state index is -0.0960. The van der Waals surface area contributed by atoms with Crippen LogP contribution in [0.5, 0.6) is 0 Å². The van der Waals surface area contributed by atoms with Crippen molar-refractivity contribution in [3.8, 4) is 11.3 Å². The molecule has 2 aromatic heterocycles. The van der Waals surface area contributed by atoms with Gasteiger partial charge in [0.15, 0.2) is 5.65 Å². The van der Waals surface area contributed by atoms with Gasteiger partial charge in [0.25, 0.3) is 0 Å².